The second-order valence-electron chi connectivity index (χ2n) is 8.57. The Morgan fingerprint density at radius 1 is 1.25 bits per heavy atom. The lowest BCUT2D eigenvalue weighted by Crippen LogP contribution is -2.35. The van der Waals surface area contributed by atoms with Gasteiger partial charge in [-0.1, -0.05) is 31.4 Å². The Morgan fingerprint density at radius 2 is 2.00 bits per heavy atom. The number of hydrogen-bond acceptors (Lipinski definition) is 7. The third-order valence-corrected chi connectivity index (χ3v) is 7.48. The third-order valence-electron chi connectivity index (χ3n) is 6.43. The molecule has 1 aromatic heterocycles. The zero-order valence-corrected chi connectivity index (χ0v) is 19.2. The fourth-order valence-electron chi connectivity index (χ4n) is 4.87. The van der Waals surface area contributed by atoms with Crippen LogP contribution in [-0.4, -0.2) is 18.4 Å². The van der Waals surface area contributed by atoms with Crippen LogP contribution >= 0.6 is 11.3 Å². The molecular formula is C25H27N3O3S. The number of dihydropyridines is 1. The van der Waals surface area contributed by atoms with Crippen molar-refractivity contribution in [2.75, 3.05) is 6.61 Å². The first-order chi connectivity index (χ1) is 15.4. The summed E-state index contributed by atoms with van der Waals surface area (Å²) < 4.78 is 6.57. The van der Waals surface area contributed by atoms with Gasteiger partial charge in [0.15, 0.2) is 5.78 Å². The molecular weight excluding hydrogens is 422 g/mol. The Bertz CT molecular complexity index is 1180. The topological polar surface area (TPSA) is 105 Å². The molecule has 1 fully saturated rings. The molecule has 1 aliphatic heterocycles. The molecule has 1 aliphatic carbocycles. The summed E-state index contributed by atoms with van der Waals surface area (Å²) in [4.78, 5) is 26.0. The number of nitrogens with two attached hydrogens (primary N) is 1. The van der Waals surface area contributed by atoms with Crippen molar-refractivity contribution >= 4 is 33.2 Å². The first-order valence-electron chi connectivity index (χ1n) is 11.0. The average molecular weight is 450 g/mol. The molecule has 166 valence electrons. The van der Waals surface area contributed by atoms with Crippen LogP contribution in [0.2, 0.25) is 0 Å². The summed E-state index contributed by atoms with van der Waals surface area (Å²) >= 11 is 1.43. The predicted molar refractivity (Wildman–Crippen MR) is 125 cm³/mol. The van der Waals surface area contributed by atoms with Crippen molar-refractivity contribution < 1.29 is 14.3 Å². The van der Waals surface area contributed by atoms with Crippen molar-refractivity contribution in [1.29, 1.82) is 5.26 Å². The largest absolute Gasteiger partial charge is 0.462 e. The molecule has 2 aliphatic rings. The summed E-state index contributed by atoms with van der Waals surface area (Å²) in [7, 11) is 0. The molecule has 32 heavy (non-hydrogen) atoms. The fourth-order valence-corrected chi connectivity index (χ4v) is 5.93. The Hall–Kier alpha value is -3.11. The van der Waals surface area contributed by atoms with Crippen molar-refractivity contribution in [2.24, 2.45) is 11.7 Å². The van der Waals surface area contributed by atoms with E-state index in [1.807, 2.05) is 17.5 Å². The highest BCUT2D eigenvalue weighted by Crippen LogP contribution is 2.43. The minimum absolute atomic E-state index is 0.138. The van der Waals surface area contributed by atoms with Gasteiger partial charge in [0, 0.05) is 11.3 Å². The van der Waals surface area contributed by atoms with Gasteiger partial charge in [-0.15, -0.1) is 11.3 Å². The van der Waals surface area contributed by atoms with Gasteiger partial charge in [-0.2, -0.15) is 5.26 Å². The molecule has 1 aromatic carbocycles. The minimum Gasteiger partial charge on any atom is -0.462 e. The highest BCUT2D eigenvalue weighted by Gasteiger charge is 2.38. The fraction of sp³-hybridized carbons (Fsp3) is 0.400. The SMILES string of the molecule is CC(=O)C1=C(C)NC(N)=C(C(=O)OCC2CCCCC2)C1c1csc2c(C#N)cccc12. The lowest BCUT2D eigenvalue weighted by Gasteiger charge is -2.30. The van der Waals surface area contributed by atoms with E-state index < -0.39 is 11.9 Å². The maximum Gasteiger partial charge on any atom is 0.338 e. The van der Waals surface area contributed by atoms with Crippen LogP contribution in [0.1, 0.15) is 63.0 Å². The molecule has 0 saturated heterocycles. The van der Waals surface area contributed by atoms with Crippen molar-refractivity contribution in [2.45, 2.75) is 51.9 Å². The Kier molecular flexibility index (Phi) is 6.33. The molecule has 0 amide bonds. The first kappa shape index (κ1) is 22.1. The van der Waals surface area contributed by atoms with Crippen molar-refractivity contribution in [3.05, 3.63) is 57.4 Å². The summed E-state index contributed by atoms with van der Waals surface area (Å²) in [6.45, 7) is 3.65. The summed E-state index contributed by atoms with van der Waals surface area (Å²) in [5.41, 5.74) is 9.05. The summed E-state index contributed by atoms with van der Waals surface area (Å²) in [5.74, 6) is -0.694. The van der Waals surface area contributed by atoms with Crippen LogP contribution in [0.3, 0.4) is 0 Å². The molecule has 1 atom stereocenters. The van der Waals surface area contributed by atoms with Gasteiger partial charge in [0.2, 0.25) is 0 Å². The molecule has 0 bridgehead atoms. The van der Waals surface area contributed by atoms with E-state index in [0.717, 1.165) is 41.3 Å². The number of nitrogens with one attached hydrogen (secondary N) is 1. The van der Waals surface area contributed by atoms with E-state index in [-0.39, 0.29) is 17.2 Å². The van der Waals surface area contributed by atoms with Gasteiger partial charge in [0.05, 0.1) is 28.4 Å². The number of nitrogens with zero attached hydrogens (tertiary/aromatic N) is 1. The van der Waals surface area contributed by atoms with E-state index >= 15 is 0 Å². The quantitative estimate of drug-likeness (QED) is 0.646. The van der Waals surface area contributed by atoms with Crippen LogP contribution in [0.4, 0.5) is 0 Å². The number of esters is 1. The molecule has 4 rings (SSSR count). The molecule has 1 unspecified atom stereocenters. The van der Waals surface area contributed by atoms with Crippen LogP contribution in [0.5, 0.6) is 0 Å². The Labute approximate surface area is 191 Å². The standard InChI is InChI=1S/C25H27N3O3S/c1-14-20(15(2)29)21(19-13-32-23-17(11-26)9-6-10-18(19)23)22(24(27)28-14)25(30)31-12-16-7-4-3-5-8-16/h6,9-10,13,16,21,28H,3-5,7-8,12,27H2,1-2H3. The van der Waals surface area contributed by atoms with Gasteiger partial charge in [-0.25, -0.2) is 4.79 Å². The van der Waals surface area contributed by atoms with Crippen LogP contribution in [-0.2, 0) is 14.3 Å². The van der Waals surface area contributed by atoms with Crippen molar-refractivity contribution in [3.8, 4) is 6.07 Å². The third kappa shape index (κ3) is 4.03. The number of thiophene rings is 1. The lowest BCUT2D eigenvalue weighted by atomic mass is 9.79. The minimum atomic E-state index is -0.643. The van der Waals surface area contributed by atoms with Gasteiger partial charge in [0.1, 0.15) is 11.9 Å². The average Bonchev–Trinajstić information content (AvgIpc) is 3.21. The number of carbonyl (C=O) groups is 2. The summed E-state index contributed by atoms with van der Waals surface area (Å²) in [5, 5.41) is 15.3. The van der Waals surface area contributed by atoms with Gasteiger partial charge in [-0.3, -0.25) is 4.79 Å². The van der Waals surface area contributed by atoms with Crippen LogP contribution < -0.4 is 11.1 Å². The molecule has 2 aromatic rings. The Morgan fingerprint density at radius 3 is 2.69 bits per heavy atom. The van der Waals surface area contributed by atoms with Crippen LogP contribution in [0.15, 0.2) is 46.2 Å². The smallest absolute Gasteiger partial charge is 0.338 e. The van der Waals surface area contributed by atoms with Crippen LogP contribution in [0.25, 0.3) is 10.1 Å². The zero-order chi connectivity index (χ0) is 22.8. The highest BCUT2D eigenvalue weighted by atomic mass is 32.1. The molecule has 0 radical (unpaired) electrons. The van der Waals surface area contributed by atoms with Gasteiger partial charge in [-0.05, 0) is 55.0 Å². The monoisotopic (exact) mass is 449 g/mol. The zero-order valence-electron chi connectivity index (χ0n) is 18.4. The number of carbonyl (C=O) groups excluding carboxylic acids is 2. The number of rotatable bonds is 5. The second-order valence-corrected chi connectivity index (χ2v) is 9.45. The normalized spacial score (nSPS) is 19.6. The number of hydrogen-bond donors (Lipinski definition) is 2. The maximum absolute atomic E-state index is 13.3. The number of benzene rings is 1. The summed E-state index contributed by atoms with van der Waals surface area (Å²) in [6, 6.07) is 7.72. The maximum atomic E-state index is 13.3. The number of ketones is 1. The van der Waals surface area contributed by atoms with Gasteiger partial charge >= 0.3 is 5.97 Å². The molecule has 3 N–H and O–H groups in total. The van der Waals surface area contributed by atoms with E-state index in [9.17, 15) is 14.9 Å². The molecule has 6 nitrogen and oxygen atoms in total. The number of Topliss-reactive ketones (excluding diaryl/α,β-unsaturated/α-hetero) is 1. The number of nitriles is 1. The number of fused-ring (bicyclic) bond motifs is 1. The van der Waals surface area contributed by atoms with E-state index in [0.29, 0.717) is 29.4 Å². The van der Waals surface area contributed by atoms with E-state index in [4.69, 9.17) is 10.5 Å². The van der Waals surface area contributed by atoms with Gasteiger partial charge in [0.25, 0.3) is 0 Å². The van der Waals surface area contributed by atoms with Crippen molar-refractivity contribution in [1.82, 2.24) is 5.32 Å². The van der Waals surface area contributed by atoms with Gasteiger partial charge < -0.3 is 15.8 Å². The van der Waals surface area contributed by atoms with E-state index in [1.165, 1.54) is 24.7 Å². The molecule has 2 heterocycles. The summed E-state index contributed by atoms with van der Waals surface area (Å²) in [6.07, 6.45) is 5.68. The van der Waals surface area contributed by atoms with Crippen LogP contribution in [0, 0.1) is 17.2 Å². The predicted octanol–water partition coefficient (Wildman–Crippen LogP) is 4.62. The lowest BCUT2D eigenvalue weighted by molar-refractivity contribution is -0.141. The molecule has 7 heteroatoms. The molecule has 0 spiro atoms. The second kappa shape index (κ2) is 9.17. The van der Waals surface area contributed by atoms with E-state index in [1.54, 1.807) is 13.0 Å². The van der Waals surface area contributed by atoms with Crippen molar-refractivity contribution in [3.63, 3.8) is 0 Å². The first-order valence-corrected chi connectivity index (χ1v) is 11.9. The molecule has 1 saturated carbocycles. The Balaban J connectivity index is 1.76. The highest BCUT2D eigenvalue weighted by molar-refractivity contribution is 7.17. The number of ether oxygens (including phenoxy) is 1. The number of allylic oxidation sites excluding steroid dienone is 2. The van der Waals surface area contributed by atoms with E-state index in [2.05, 4.69) is 11.4 Å².